The van der Waals surface area contributed by atoms with Crippen molar-refractivity contribution in [2.75, 3.05) is 49.1 Å². The molecule has 2 aliphatic rings. The van der Waals surface area contributed by atoms with Crippen LogP contribution in [0.3, 0.4) is 0 Å². The van der Waals surface area contributed by atoms with Crippen molar-refractivity contribution < 1.29 is 32.6 Å². The van der Waals surface area contributed by atoms with Crippen molar-refractivity contribution in [1.29, 1.82) is 0 Å². The number of anilines is 2. The molecule has 1 atom stereocenters. The molecular formula is C24H32F3N7O5. The lowest BCUT2D eigenvalue weighted by Gasteiger charge is -2.35. The number of imidazole rings is 1. The highest BCUT2D eigenvalue weighted by molar-refractivity contribution is 5.81. The number of hydrogen-bond donors (Lipinski definition) is 2. The van der Waals surface area contributed by atoms with Crippen molar-refractivity contribution in [2.45, 2.75) is 51.9 Å². The Hall–Kier alpha value is -3.80. The van der Waals surface area contributed by atoms with Gasteiger partial charge >= 0.3 is 18.1 Å². The average Bonchev–Trinajstić information content (AvgIpc) is 3.28. The molecule has 39 heavy (non-hydrogen) atoms. The molecule has 0 bridgehead atoms. The molecule has 2 fully saturated rings. The van der Waals surface area contributed by atoms with E-state index in [1.165, 1.54) is 4.57 Å². The van der Waals surface area contributed by atoms with Crippen LogP contribution in [0.1, 0.15) is 33.1 Å². The molecule has 12 nitrogen and oxygen atoms in total. The highest BCUT2D eigenvalue weighted by Gasteiger charge is 2.38. The van der Waals surface area contributed by atoms with Gasteiger partial charge in [-0.05, 0) is 33.1 Å². The van der Waals surface area contributed by atoms with Crippen LogP contribution in [0, 0.1) is 11.8 Å². The van der Waals surface area contributed by atoms with Crippen LogP contribution in [0.4, 0.5) is 25.1 Å². The Kier molecular flexibility index (Phi) is 9.79. The Morgan fingerprint density at radius 3 is 2.38 bits per heavy atom. The maximum atomic E-state index is 13.5. The van der Waals surface area contributed by atoms with E-state index in [0.717, 1.165) is 39.0 Å². The van der Waals surface area contributed by atoms with Gasteiger partial charge in [0.05, 0.1) is 13.2 Å². The first-order valence-corrected chi connectivity index (χ1v) is 12.6. The average molecular weight is 556 g/mol. The van der Waals surface area contributed by atoms with Gasteiger partial charge in [-0.2, -0.15) is 23.1 Å². The molecule has 1 unspecified atom stereocenters. The lowest BCUT2D eigenvalue weighted by atomic mass is 10.0. The summed E-state index contributed by atoms with van der Waals surface area (Å²) < 4.78 is 40.4. The van der Waals surface area contributed by atoms with E-state index in [2.05, 4.69) is 22.1 Å². The predicted octanol–water partition coefficient (Wildman–Crippen LogP) is 1.12. The van der Waals surface area contributed by atoms with E-state index in [4.69, 9.17) is 24.6 Å². The first kappa shape index (κ1) is 29.8. The molecule has 0 amide bonds. The van der Waals surface area contributed by atoms with Crippen molar-refractivity contribution in [3.05, 3.63) is 10.4 Å². The summed E-state index contributed by atoms with van der Waals surface area (Å²) in [5.74, 6) is 4.12. The fraction of sp³-hybridized carbons (Fsp3) is 0.625. The van der Waals surface area contributed by atoms with E-state index >= 15 is 0 Å². The normalized spacial score (nSPS) is 17.6. The Morgan fingerprint density at radius 1 is 1.15 bits per heavy atom. The molecule has 2 aromatic heterocycles. The van der Waals surface area contributed by atoms with E-state index in [-0.39, 0.29) is 11.5 Å². The van der Waals surface area contributed by atoms with Gasteiger partial charge in [0.2, 0.25) is 11.9 Å². The topological polar surface area (TPSA) is 135 Å². The highest BCUT2D eigenvalue weighted by atomic mass is 19.4. The van der Waals surface area contributed by atoms with Crippen LogP contribution in [0.2, 0.25) is 0 Å². The minimum Gasteiger partial charge on any atom is -0.475 e. The third-order valence-electron chi connectivity index (χ3n) is 6.32. The molecule has 2 aromatic rings. The Bertz CT molecular complexity index is 1310. The molecule has 2 saturated heterocycles. The monoisotopic (exact) mass is 555 g/mol. The number of carboxylic acids is 1. The zero-order valence-corrected chi connectivity index (χ0v) is 22.0. The fourth-order valence-electron chi connectivity index (χ4n) is 4.46. The van der Waals surface area contributed by atoms with E-state index in [0.29, 0.717) is 49.2 Å². The number of nitrogens with zero attached hydrogens (tertiary/aromatic N) is 6. The summed E-state index contributed by atoms with van der Waals surface area (Å²) in [4.78, 5) is 48.6. The number of esters is 1. The number of aliphatic carboxylic acids is 1. The number of nitrogens with one attached hydrogen (secondary N) is 1. The molecule has 2 N–H and O–H groups in total. The maximum absolute atomic E-state index is 13.5. The van der Waals surface area contributed by atoms with Gasteiger partial charge in [0, 0.05) is 39.8 Å². The Labute approximate surface area is 222 Å². The van der Waals surface area contributed by atoms with E-state index < -0.39 is 18.2 Å². The van der Waals surface area contributed by atoms with Crippen LogP contribution < -0.4 is 20.7 Å². The molecule has 15 heteroatoms. The van der Waals surface area contributed by atoms with E-state index in [1.807, 2.05) is 9.47 Å². The van der Waals surface area contributed by atoms with Gasteiger partial charge in [-0.3, -0.25) is 13.9 Å². The minimum atomic E-state index is -5.08. The number of aromatic nitrogens is 4. The van der Waals surface area contributed by atoms with Crippen molar-refractivity contribution in [2.24, 2.45) is 7.05 Å². The maximum Gasteiger partial charge on any atom is 0.490 e. The number of piperidine rings is 1. The Balaban J connectivity index is 0.000000532. The summed E-state index contributed by atoms with van der Waals surface area (Å²) in [6.45, 7) is 8.23. The third kappa shape index (κ3) is 6.80. The number of fused-ring (bicyclic) bond motifs is 1. The van der Waals surface area contributed by atoms with Crippen LogP contribution >= 0.6 is 0 Å². The summed E-state index contributed by atoms with van der Waals surface area (Å²) in [5, 5.41) is 10.5. The Morgan fingerprint density at radius 2 is 1.79 bits per heavy atom. The molecule has 0 radical (unpaired) electrons. The summed E-state index contributed by atoms with van der Waals surface area (Å²) in [6.07, 6.45) is -2.54. The van der Waals surface area contributed by atoms with Crippen LogP contribution in [0.15, 0.2) is 4.79 Å². The van der Waals surface area contributed by atoms with Crippen molar-refractivity contribution in [3.63, 3.8) is 0 Å². The smallest absolute Gasteiger partial charge is 0.475 e. The van der Waals surface area contributed by atoms with Gasteiger partial charge in [0.25, 0.3) is 5.56 Å². The second-order valence-corrected chi connectivity index (χ2v) is 8.87. The predicted molar refractivity (Wildman–Crippen MR) is 137 cm³/mol. The first-order valence-electron chi connectivity index (χ1n) is 12.6. The second-order valence-electron chi connectivity index (χ2n) is 8.87. The number of halogens is 3. The number of piperazine rings is 1. The SMILES string of the molecule is CC#CCn1c(N2CCNCC2)nc2nc(N3CCCCC3C(=O)OCC)n(C)c(=O)c21.O=C(O)C(F)(F)F. The molecule has 214 valence electrons. The summed E-state index contributed by atoms with van der Waals surface area (Å²) >= 11 is 0. The van der Waals surface area contributed by atoms with Gasteiger partial charge in [0.1, 0.15) is 6.04 Å². The van der Waals surface area contributed by atoms with Crippen LogP contribution in [0.5, 0.6) is 0 Å². The summed E-state index contributed by atoms with van der Waals surface area (Å²) in [5.41, 5.74) is 0.643. The number of hydrogen-bond acceptors (Lipinski definition) is 9. The number of carbonyl (C=O) groups excluding carboxylic acids is 1. The largest absolute Gasteiger partial charge is 0.490 e. The van der Waals surface area contributed by atoms with Crippen molar-refractivity contribution in [3.8, 4) is 11.8 Å². The van der Waals surface area contributed by atoms with Gasteiger partial charge in [-0.25, -0.2) is 9.59 Å². The van der Waals surface area contributed by atoms with Crippen molar-refractivity contribution >= 4 is 35.0 Å². The van der Waals surface area contributed by atoms with Crippen LogP contribution in [-0.4, -0.2) is 87.7 Å². The summed E-state index contributed by atoms with van der Waals surface area (Å²) in [7, 11) is 1.70. The molecule has 4 rings (SSSR count). The van der Waals surface area contributed by atoms with Gasteiger partial charge in [0.15, 0.2) is 11.2 Å². The third-order valence-corrected chi connectivity index (χ3v) is 6.32. The van der Waals surface area contributed by atoms with Gasteiger partial charge in [-0.1, -0.05) is 5.92 Å². The summed E-state index contributed by atoms with van der Waals surface area (Å²) in [6, 6.07) is -0.445. The van der Waals surface area contributed by atoms with Crippen LogP contribution in [0.25, 0.3) is 11.2 Å². The lowest BCUT2D eigenvalue weighted by Crippen LogP contribution is -2.48. The number of carbonyl (C=O) groups is 2. The fourth-order valence-corrected chi connectivity index (χ4v) is 4.46. The second kappa shape index (κ2) is 12.8. The number of carboxylic acid groups (broad SMARTS) is 1. The number of ether oxygens (including phenoxy) is 1. The quantitative estimate of drug-likeness (QED) is 0.408. The first-order chi connectivity index (χ1) is 18.5. The highest BCUT2D eigenvalue weighted by Crippen LogP contribution is 2.26. The molecule has 0 spiro atoms. The standard InChI is InChI=1S/C22H31N7O3.C2HF3O2/c1-4-6-12-29-17-18(25-22(29)27-14-10-23-11-15-27)24-21(26(3)19(17)30)28-13-8-7-9-16(28)20(31)32-5-2;3-2(4,5)1(6)7/h16,23H,5,7-15H2,1-3H3;(H,6,7). The van der Waals surface area contributed by atoms with E-state index in [1.54, 1.807) is 20.9 Å². The van der Waals surface area contributed by atoms with E-state index in [9.17, 15) is 22.8 Å². The zero-order valence-electron chi connectivity index (χ0n) is 22.0. The molecule has 2 aliphatic heterocycles. The van der Waals surface area contributed by atoms with Gasteiger partial charge in [-0.15, -0.1) is 5.92 Å². The molecule has 4 heterocycles. The molecule has 0 saturated carbocycles. The molecular weight excluding hydrogens is 523 g/mol. The zero-order chi connectivity index (χ0) is 28.7. The van der Waals surface area contributed by atoms with Gasteiger partial charge < -0.3 is 25.0 Å². The van der Waals surface area contributed by atoms with Crippen LogP contribution in [-0.2, 0) is 27.9 Å². The number of alkyl halides is 3. The van der Waals surface area contributed by atoms with Crippen molar-refractivity contribution in [1.82, 2.24) is 24.4 Å². The number of rotatable bonds is 5. The molecule has 0 aromatic carbocycles. The lowest BCUT2D eigenvalue weighted by molar-refractivity contribution is -0.192. The minimum absolute atomic E-state index is 0.190. The molecule has 0 aliphatic carbocycles.